The van der Waals surface area contributed by atoms with Crippen molar-refractivity contribution in [2.24, 2.45) is 11.3 Å². The molecule has 2 N–H and O–H groups in total. The van der Waals surface area contributed by atoms with Gasteiger partial charge in [-0.05, 0) is 12.3 Å². The molecule has 0 bridgehead atoms. The smallest absolute Gasteiger partial charge is 0.225 e. The third-order valence-electron chi connectivity index (χ3n) is 1.99. The van der Waals surface area contributed by atoms with Crippen LogP contribution in [0.4, 0.5) is 0 Å². The summed E-state index contributed by atoms with van der Waals surface area (Å²) in [5.41, 5.74) is -0.385. The second kappa shape index (κ2) is 5.35. The molecule has 0 saturated carbocycles. The number of amides is 1. The Morgan fingerprint density at radius 1 is 1.36 bits per heavy atom. The predicted octanol–water partition coefficient (Wildman–Crippen LogP) is 1.56. The molecule has 3 nitrogen and oxygen atoms in total. The molecule has 84 valence electrons. The average Bonchev–Trinajstić information content (AvgIpc) is 2.00. The Labute approximate surface area is 86.9 Å². The van der Waals surface area contributed by atoms with Gasteiger partial charge >= 0.3 is 0 Å². The topological polar surface area (TPSA) is 49.3 Å². The molecule has 0 aliphatic heterocycles. The van der Waals surface area contributed by atoms with Gasteiger partial charge in [-0.25, -0.2) is 0 Å². The van der Waals surface area contributed by atoms with E-state index in [0.29, 0.717) is 5.92 Å². The highest BCUT2D eigenvalue weighted by atomic mass is 16.3. The van der Waals surface area contributed by atoms with Crippen LogP contribution in [0.5, 0.6) is 0 Å². The lowest BCUT2D eigenvalue weighted by Gasteiger charge is -2.24. The van der Waals surface area contributed by atoms with Crippen molar-refractivity contribution in [1.82, 2.24) is 5.32 Å². The first-order valence-corrected chi connectivity index (χ1v) is 5.19. The molecule has 0 heterocycles. The monoisotopic (exact) mass is 201 g/mol. The highest BCUT2D eigenvalue weighted by Gasteiger charge is 2.23. The quantitative estimate of drug-likeness (QED) is 0.725. The fraction of sp³-hybridized carbons (Fsp3) is 0.909. The number of carbonyl (C=O) groups is 1. The first-order valence-electron chi connectivity index (χ1n) is 5.19. The van der Waals surface area contributed by atoms with Crippen LogP contribution in [0.1, 0.15) is 41.0 Å². The molecule has 1 atom stereocenters. The maximum absolute atomic E-state index is 11.6. The molecule has 0 unspecified atom stereocenters. The van der Waals surface area contributed by atoms with Gasteiger partial charge in [0.15, 0.2) is 0 Å². The van der Waals surface area contributed by atoms with E-state index in [-0.39, 0.29) is 24.0 Å². The van der Waals surface area contributed by atoms with Crippen LogP contribution in [0.15, 0.2) is 0 Å². The van der Waals surface area contributed by atoms with Crippen molar-refractivity contribution < 1.29 is 9.90 Å². The van der Waals surface area contributed by atoms with Gasteiger partial charge in [-0.15, -0.1) is 0 Å². The maximum Gasteiger partial charge on any atom is 0.225 e. The van der Waals surface area contributed by atoms with E-state index in [1.165, 1.54) is 0 Å². The Morgan fingerprint density at radius 3 is 2.14 bits per heavy atom. The summed E-state index contributed by atoms with van der Waals surface area (Å²) in [4.78, 5) is 11.6. The van der Waals surface area contributed by atoms with Crippen molar-refractivity contribution in [2.75, 3.05) is 6.61 Å². The molecule has 0 aliphatic carbocycles. The second-order valence-corrected chi connectivity index (χ2v) is 5.23. The standard InChI is InChI=1S/C11H23NO2/c1-8(2)6-9(7-13)12-10(14)11(3,4)5/h8-9,13H,6-7H2,1-5H3,(H,12,14)/t9-/m1/s1. The number of rotatable bonds is 4. The molecular formula is C11H23NO2. The van der Waals surface area contributed by atoms with Crippen LogP contribution in [-0.2, 0) is 4.79 Å². The molecule has 0 aliphatic rings. The number of aliphatic hydroxyl groups is 1. The fourth-order valence-electron chi connectivity index (χ4n) is 1.15. The lowest BCUT2D eigenvalue weighted by atomic mass is 9.94. The van der Waals surface area contributed by atoms with E-state index in [0.717, 1.165) is 6.42 Å². The molecule has 14 heavy (non-hydrogen) atoms. The zero-order chi connectivity index (χ0) is 11.4. The summed E-state index contributed by atoms with van der Waals surface area (Å²) in [6.07, 6.45) is 0.818. The zero-order valence-corrected chi connectivity index (χ0v) is 9.92. The van der Waals surface area contributed by atoms with Gasteiger partial charge in [-0.3, -0.25) is 4.79 Å². The van der Waals surface area contributed by atoms with Gasteiger partial charge < -0.3 is 10.4 Å². The van der Waals surface area contributed by atoms with Crippen LogP contribution >= 0.6 is 0 Å². The SMILES string of the molecule is CC(C)C[C@H](CO)NC(=O)C(C)(C)C. The van der Waals surface area contributed by atoms with E-state index in [1.807, 2.05) is 20.8 Å². The molecule has 0 radical (unpaired) electrons. The first-order chi connectivity index (χ1) is 6.27. The summed E-state index contributed by atoms with van der Waals surface area (Å²) in [7, 11) is 0. The largest absolute Gasteiger partial charge is 0.394 e. The Bertz CT molecular complexity index is 182. The van der Waals surface area contributed by atoms with E-state index in [1.54, 1.807) is 0 Å². The molecule has 0 saturated heterocycles. The normalized spacial score (nSPS) is 14.2. The van der Waals surface area contributed by atoms with Crippen molar-refractivity contribution in [3.8, 4) is 0 Å². The Hall–Kier alpha value is -0.570. The minimum Gasteiger partial charge on any atom is -0.394 e. The van der Waals surface area contributed by atoms with Crippen molar-refractivity contribution >= 4 is 5.91 Å². The van der Waals surface area contributed by atoms with Crippen molar-refractivity contribution in [2.45, 2.75) is 47.1 Å². The molecule has 0 aromatic heterocycles. The van der Waals surface area contributed by atoms with Gasteiger partial charge in [0.1, 0.15) is 0 Å². The predicted molar refractivity (Wildman–Crippen MR) is 57.9 cm³/mol. The number of hydrogen-bond acceptors (Lipinski definition) is 2. The van der Waals surface area contributed by atoms with Crippen LogP contribution in [-0.4, -0.2) is 23.7 Å². The Kier molecular flexibility index (Phi) is 5.13. The number of carbonyl (C=O) groups excluding carboxylic acids is 1. The molecule has 0 spiro atoms. The minimum absolute atomic E-state index is 0.00259. The van der Waals surface area contributed by atoms with Crippen LogP contribution in [0.3, 0.4) is 0 Å². The summed E-state index contributed by atoms with van der Waals surface area (Å²) in [5, 5.41) is 11.9. The van der Waals surface area contributed by atoms with Gasteiger partial charge in [0.05, 0.1) is 12.6 Å². The lowest BCUT2D eigenvalue weighted by molar-refractivity contribution is -0.129. The molecule has 0 aromatic rings. The lowest BCUT2D eigenvalue weighted by Crippen LogP contribution is -2.44. The van der Waals surface area contributed by atoms with E-state index >= 15 is 0 Å². The van der Waals surface area contributed by atoms with Gasteiger partial charge in [-0.1, -0.05) is 34.6 Å². The number of hydrogen-bond donors (Lipinski definition) is 2. The van der Waals surface area contributed by atoms with Crippen LogP contribution in [0.2, 0.25) is 0 Å². The second-order valence-electron chi connectivity index (χ2n) is 5.23. The molecule has 0 aromatic carbocycles. The Morgan fingerprint density at radius 2 is 1.86 bits per heavy atom. The van der Waals surface area contributed by atoms with Gasteiger partial charge in [-0.2, -0.15) is 0 Å². The average molecular weight is 201 g/mol. The highest BCUT2D eigenvalue weighted by Crippen LogP contribution is 2.14. The maximum atomic E-state index is 11.6. The molecule has 1 amide bonds. The summed E-state index contributed by atoms with van der Waals surface area (Å²) < 4.78 is 0. The van der Waals surface area contributed by atoms with Crippen molar-refractivity contribution in [1.29, 1.82) is 0 Å². The summed E-state index contributed by atoms with van der Waals surface area (Å²) >= 11 is 0. The van der Waals surface area contributed by atoms with Crippen molar-refractivity contribution in [3.63, 3.8) is 0 Å². The first kappa shape index (κ1) is 13.4. The number of aliphatic hydroxyl groups excluding tert-OH is 1. The van der Waals surface area contributed by atoms with Crippen LogP contribution in [0, 0.1) is 11.3 Å². The van der Waals surface area contributed by atoms with Crippen LogP contribution in [0.25, 0.3) is 0 Å². The third kappa shape index (κ3) is 5.22. The summed E-state index contributed by atoms with van der Waals surface area (Å²) in [6.45, 7) is 9.77. The van der Waals surface area contributed by atoms with Gasteiger partial charge in [0.2, 0.25) is 5.91 Å². The van der Waals surface area contributed by atoms with E-state index < -0.39 is 0 Å². The van der Waals surface area contributed by atoms with E-state index in [4.69, 9.17) is 5.11 Å². The molecule has 0 rings (SSSR count). The zero-order valence-electron chi connectivity index (χ0n) is 9.92. The van der Waals surface area contributed by atoms with Crippen LogP contribution < -0.4 is 5.32 Å². The Balaban J connectivity index is 4.12. The van der Waals surface area contributed by atoms with E-state index in [2.05, 4.69) is 19.2 Å². The summed E-state index contributed by atoms with van der Waals surface area (Å²) in [6, 6.07) is -0.110. The number of nitrogens with one attached hydrogen (secondary N) is 1. The van der Waals surface area contributed by atoms with Crippen molar-refractivity contribution in [3.05, 3.63) is 0 Å². The summed E-state index contributed by atoms with van der Waals surface area (Å²) in [5.74, 6) is 0.476. The minimum atomic E-state index is -0.385. The fourth-order valence-corrected chi connectivity index (χ4v) is 1.15. The van der Waals surface area contributed by atoms with Gasteiger partial charge in [0, 0.05) is 5.41 Å². The molecule has 0 fully saturated rings. The molecule has 3 heteroatoms. The highest BCUT2D eigenvalue weighted by molar-refractivity contribution is 5.81. The van der Waals surface area contributed by atoms with E-state index in [9.17, 15) is 4.79 Å². The van der Waals surface area contributed by atoms with Gasteiger partial charge in [0.25, 0.3) is 0 Å². The molecular weight excluding hydrogens is 178 g/mol. The third-order valence-corrected chi connectivity index (χ3v) is 1.99.